The summed E-state index contributed by atoms with van der Waals surface area (Å²) in [5.74, 6) is 0.0107. The van der Waals surface area contributed by atoms with Gasteiger partial charge in [-0.05, 0) is 12.1 Å². The molecule has 0 atom stereocenters. The number of carbonyl (C=O) groups is 1. The van der Waals surface area contributed by atoms with E-state index in [0.29, 0.717) is 11.5 Å². The molecule has 8 heteroatoms. The van der Waals surface area contributed by atoms with E-state index in [4.69, 9.17) is 11.6 Å². The molecular weight excluding hydrogens is 344 g/mol. The SMILES string of the molecule is O=C(Nc1cnc(-c2ccccc2)nc1)c1ccc(Cl)c([N+](=O)[O-])c1. The Hall–Kier alpha value is -3.32. The third-order valence-electron chi connectivity index (χ3n) is 3.35. The number of amides is 1. The van der Waals surface area contributed by atoms with E-state index >= 15 is 0 Å². The van der Waals surface area contributed by atoms with Gasteiger partial charge < -0.3 is 5.32 Å². The van der Waals surface area contributed by atoms with Crippen molar-refractivity contribution in [2.75, 3.05) is 5.32 Å². The molecule has 1 amide bonds. The lowest BCUT2D eigenvalue weighted by molar-refractivity contribution is -0.384. The molecule has 0 fully saturated rings. The minimum atomic E-state index is -0.642. The van der Waals surface area contributed by atoms with E-state index in [1.54, 1.807) is 0 Å². The van der Waals surface area contributed by atoms with Crippen molar-refractivity contribution in [3.63, 3.8) is 0 Å². The lowest BCUT2D eigenvalue weighted by atomic mass is 10.2. The second kappa shape index (κ2) is 7.06. The van der Waals surface area contributed by atoms with Gasteiger partial charge in [0.25, 0.3) is 11.6 Å². The normalized spacial score (nSPS) is 10.3. The zero-order valence-electron chi connectivity index (χ0n) is 12.7. The molecule has 0 aliphatic rings. The number of hydrogen-bond donors (Lipinski definition) is 1. The van der Waals surface area contributed by atoms with E-state index in [1.165, 1.54) is 24.5 Å². The van der Waals surface area contributed by atoms with Crippen LogP contribution >= 0.6 is 11.6 Å². The number of nitrogens with one attached hydrogen (secondary N) is 1. The van der Waals surface area contributed by atoms with Crippen LogP contribution in [0.2, 0.25) is 5.02 Å². The first-order valence-corrected chi connectivity index (χ1v) is 7.55. The highest BCUT2D eigenvalue weighted by atomic mass is 35.5. The van der Waals surface area contributed by atoms with Gasteiger partial charge in [0.1, 0.15) is 5.02 Å². The van der Waals surface area contributed by atoms with Crippen molar-refractivity contribution in [1.29, 1.82) is 0 Å². The topological polar surface area (TPSA) is 98.0 Å². The molecule has 1 aromatic heterocycles. The first-order chi connectivity index (χ1) is 12.0. The molecule has 7 nitrogen and oxygen atoms in total. The van der Waals surface area contributed by atoms with Gasteiger partial charge in [-0.15, -0.1) is 0 Å². The van der Waals surface area contributed by atoms with E-state index in [9.17, 15) is 14.9 Å². The summed E-state index contributed by atoms with van der Waals surface area (Å²) in [5, 5.41) is 13.5. The van der Waals surface area contributed by atoms with Crippen LogP contribution in [0.15, 0.2) is 60.9 Å². The van der Waals surface area contributed by atoms with E-state index in [0.717, 1.165) is 11.6 Å². The van der Waals surface area contributed by atoms with Crippen molar-refractivity contribution in [3.05, 3.63) is 81.6 Å². The third-order valence-corrected chi connectivity index (χ3v) is 3.67. The highest BCUT2D eigenvalue weighted by Crippen LogP contribution is 2.25. The summed E-state index contributed by atoms with van der Waals surface area (Å²) in [6, 6.07) is 13.2. The van der Waals surface area contributed by atoms with Crippen LogP contribution in [0.25, 0.3) is 11.4 Å². The first-order valence-electron chi connectivity index (χ1n) is 7.17. The molecule has 0 saturated carbocycles. The first kappa shape index (κ1) is 16.5. The largest absolute Gasteiger partial charge is 0.319 e. The van der Waals surface area contributed by atoms with Gasteiger partial charge in [-0.1, -0.05) is 41.9 Å². The number of nitro benzene ring substituents is 1. The van der Waals surface area contributed by atoms with E-state index in [1.807, 2.05) is 30.3 Å². The highest BCUT2D eigenvalue weighted by molar-refractivity contribution is 6.32. The number of hydrogen-bond acceptors (Lipinski definition) is 5. The summed E-state index contributed by atoms with van der Waals surface area (Å²) < 4.78 is 0. The predicted octanol–water partition coefficient (Wildman–Crippen LogP) is 3.96. The standard InChI is InChI=1S/C17H11ClN4O3/c18-14-7-6-12(8-15(14)22(24)25)17(23)21-13-9-19-16(20-10-13)11-4-2-1-3-5-11/h1-10H,(H,21,23). The van der Waals surface area contributed by atoms with Gasteiger partial charge in [-0.25, -0.2) is 9.97 Å². The van der Waals surface area contributed by atoms with Crippen LogP contribution < -0.4 is 5.32 Å². The molecule has 1 heterocycles. The number of nitrogens with zero attached hydrogens (tertiary/aromatic N) is 3. The van der Waals surface area contributed by atoms with Crippen LogP contribution in [0.1, 0.15) is 10.4 Å². The third kappa shape index (κ3) is 3.78. The minimum Gasteiger partial charge on any atom is -0.319 e. The van der Waals surface area contributed by atoms with Crippen LogP contribution in [0, 0.1) is 10.1 Å². The summed E-state index contributed by atoms with van der Waals surface area (Å²) in [6.07, 6.45) is 2.94. The zero-order chi connectivity index (χ0) is 17.8. The van der Waals surface area contributed by atoms with Crippen molar-refractivity contribution in [2.24, 2.45) is 0 Å². The van der Waals surface area contributed by atoms with Gasteiger partial charge >= 0.3 is 0 Å². The van der Waals surface area contributed by atoms with Crippen molar-refractivity contribution in [3.8, 4) is 11.4 Å². The summed E-state index contributed by atoms with van der Waals surface area (Å²) in [5.41, 5.74) is 1.02. The number of rotatable bonds is 4. The van der Waals surface area contributed by atoms with Gasteiger partial charge in [0.15, 0.2) is 5.82 Å². The van der Waals surface area contributed by atoms with E-state index in [-0.39, 0.29) is 16.3 Å². The van der Waals surface area contributed by atoms with Crippen molar-refractivity contribution < 1.29 is 9.72 Å². The molecule has 0 spiro atoms. The Bertz CT molecular complexity index is 930. The minimum absolute atomic E-state index is 0.0305. The molecule has 3 rings (SSSR count). The number of anilines is 1. The maximum atomic E-state index is 12.2. The fourth-order valence-electron chi connectivity index (χ4n) is 2.13. The van der Waals surface area contributed by atoms with Crippen LogP contribution in [-0.2, 0) is 0 Å². The molecule has 2 aromatic carbocycles. The number of carbonyl (C=O) groups excluding carboxylic acids is 1. The molecule has 0 radical (unpaired) electrons. The second-order valence-corrected chi connectivity index (χ2v) is 5.45. The Balaban J connectivity index is 1.77. The van der Waals surface area contributed by atoms with Crippen LogP contribution in [0.4, 0.5) is 11.4 Å². The van der Waals surface area contributed by atoms with E-state index in [2.05, 4.69) is 15.3 Å². The van der Waals surface area contributed by atoms with Crippen LogP contribution in [-0.4, -0.2) is 20.8 Å². The Morgan fingerprint density at radius 1 is 1.08 bits per heavy atom. The lowest BCUT2D eigenvalue weighted by Gasteiger charge is -2.06. The summed E-state index contributed by atoms with van der Waals surface area (Å²) in [4.78, 5) is 30.9. The van der Waals surface area contributed by atoms with Gasteiger partial charge in [0, 0.05) is 17.2 Å². The van der Waals surface area contributed by atoms with Gasteiger partial charge in [-0.3, -0.25) is 14.9 Å². The number of nitro groups is 1. The number of aromatic nitrogens is 2. The Kier molecular flexibility index (Phi) is 4.67. The maximum absolute atomic E-state index is 12.2. The summed E-state index contributed by atoms with van der Waals surface area (Å²) >= 11 is 5.74. The molecule has 0 aliphatic carbocycles. The van der Waals surface area contributed by atoms with E-state index < -0.39 is 10.8 Å². The Morgan fingerprint density at radius 2 is 1.76 bits per heavy atom. The quantitative estimate of drug-likeness (QED) is 0.565. The Morgan fingerprint density at radius 3 is 2.40 bits per heavy atom. The lowest BCUT2D eigenvalue weighted by Crippen LogP contribution is -2.12. The van der Waals surface area contributed by atoms with Gasteiger partial charge in [-0.2, -0.15) is 0 Å². The second-order valence-electron chi connectivity index (χ2n) is 5.04. The van der Waals surface area contributed by atoms with Gasteiger partial charge in [0.2, 0.25) is 0 Å². The smallest absolute Gasteiger partial charge is 0.288 e. The molecule has 0 saturated heterocycles. The molecule has 0 aliphatic heterocycles. The molecule has 25 heavy (non-hydrogen) atoms. The van der Waals surface area contributed by atoms with Crippen molar-refractivity contribution in [2.45, 2.75) is 0 Å². The molecule has 0 bridgehead atoms. The van der Waals surface area contributed by atoms with Crippen LogP contribution in [0.3, 0.4) is 0 Å². The fourth-order valence-corrected chi connectivity index (χ4v) is 2.31. The average Bonchev–Trinajstić information content (AvgIpc) is 2.63. The molecule has 1 N–H and O–H groups in total. The number of benzene rings is 2. The molecule has 124 valence electrons. The molecular formula is C17H11ClN4O3. The summed E-state index contributed by atoms with van der Waals surface area (Å²) in [7, 11) is 0. The molecule has 0 unspecified atom stereocenters. The Labute approximate surface area is 147 Å². The maximum Gasteiger partial charge on any atom is 0.288 e. The van der Waals surface area contributed by atoms with Crippen molar-refractivity contribution in [1.82, 2.24) is 9.97 Å². The molecule has 3 aromatic rings. The summed E-state index contributed by atoms with van der Waals surface area (Å²) in [6.45, 7) is 0. The predicted molar refractivity (Wildman–Crippen MR) is 93.5 cm³/mol. The highest BCUT2D eigenvalue weighted by Gasteiger charge is 2.16. The van der Waals surface area contributed by atoms with Crippen LogP contribution in [0.5, 0.6) is 0 Å². The van der Waals surface area contributed by atoms with Gasteiger partial charge in [0.05, 0.1) is 23.0 Å². The van der Waals surface area contributed by atoms with Crippen molar-refractivity contribution >= 4 is 28.9 Å². The monoisotopic (exact) mass is 354 g/mol. The fraction of sp³-hybridized carbons (Fsp3) is 0. The zero-order valence-corrected chi connectivity index (χ0v) is 13.5. The number of halogens is 1. The average molecular weight is 355 g/mol.